The highest BCUT2D eigenvalue weighted by Crippen LogP contribution is 2.47. The van der Waals surface area contributed by atoms with E-state index in [2.05, 4.69) is 10.6 Å². The van der Waals surface area contributed by atoms with Gasteiger partial charge < -0.3 is 15.1 Å². The molecule has 0 radical (unpaired) electrons. The molecule has 1 saturated carbocycles. The van der Waals surface area contributed by atoms with Crippen LogP contribution in [-0.2, 0) is 16.1 Å². The third kappa shape index (κ3) is 3.13. The van der Waals surface area contributed by atoms with Gasteiger partial charge in [0.2, 0.25) is 11.8 Å². The molecule has 0 saturated heterocycles. The molecule has 0 aliphatic heterocycles. The first-order chi connectivity index (χ1) is 11.0. The van der Waals surface area contributed by atoms with Crippen LogP contribution in [0, 0.1) is 19.3 Å². The fourth-order valence-electron chi connectivity index (χ4n) is 2.50. The number of benzene rings is 1. The van der Waals surface area contributed by atoms with Gasteiger partial charge in [0, 0.05) is 5.69 Å². The summed E-state index contributed by atoms with van der Waals surface area (Å²) in [5.41, 5.74) is 2.06. The Hall–Kier alpha value is -2.56. The number of aryl methyl sites for hydroxylation is 2. The number of carbonyl (C=O) groups is 2. The molecule has 5 nitrogen and oxygen atoms in total. The Balaban J connectivity index is 1.63. The second-order valence-corrected chi connectivity index (χ2v) is 6.10. The van der Waals surface area contributed by atoms with Crippen LogP contribution < -0.4 is 10.6 Å². The summed E-state index contributed by atoms with van der Waals surface area (Å²) in [6, 6.07) is 9.29. The highest BCUT2D eigenvalue weighted by molar-refractivity contribution is 6.13. The van der Waals surface area contributed by atoms with Crippen molar-refractivity contribution in [2.75, 3.05) is 5.32 Å². The topological polar surface area (TPSA) is 71.3 Å². The predicted octanol–water partition coefficient (Wildman–Crippen LogP) is 2.93. The van der Waals surface area contributed by atoms with Crippen LogP contribution in [0.4, 0.5) is 5.69 Å². The normalized spacial score (nSPS) is 15.0. The zero-order chi connectivity index (χ0) is 16.4. The molecule has 1 aromatic carbocycles. The van der Waals surface area contributed by atoms with E-state index in [1.54, 1.807) is 18.4 Å². The van der Waals surface area contributed by atoms with Crippen LogP contribution in [0.1, 0.15) is 29.7 Å². The maximum Gasteiger partial charge on any atom is 0.240 e. The number of amides is 2. The molecule has 0 unspecified atom stereocenters. The zero-order valence-electron chi connectivity index (χ0n) is 13.3. The van der Waals surface area contributed by atoms with Gasteiger partial charge in [-0.3, -0.25) is 9.59 Å². The van der Waals surface area contributed by atoms with Crippen molar-refractivity contribution in [3.05, 3.63) is 53.5 Å². The molecule has 120 valence electrons. The Kier molecular flexibility index (Phi) is 3.94. The van der Waals surface area contributed by atoms with Crippen LogP contribution >= 0.6 is 0 Å². The lowest BCUT2D eigenvalue weighted by Gasteiger charge is -2.15. The molecule has 0 atom stereocenters. The molecule has 1 aliphatic carbocycles. The molecule has 0 bridgehead atoms. The number of rotatable bonds is 5. The molecule has 2 aromatic rings. The van der Waals surface area contributed by atoms with Crippen molar-refractivity contribution >= 4 is 17.5 Å². The second kappa shape index (κ2) is 5.91. The van der Waals surface area contributed by atoms with Crippen molar-refractivity contribution in [3.8, 4) is 0 Å². The molecule has 3 rings (SSSR count). The van der Waals surface area contributed by atoms with Crippen molar-refractivity contribution in [3.63, 3.8) is 0 Å². The van der Waals surface area contributed by atoms with Crippen LogP contribution in [0.2, 0.25) is 0 Å². The van der Waals surface area contributed by atoms with Gasteiger partial charge >= 0.3 is 0 Å². The summed E-state index contributed by atoms with van der Waals surface area (Å²) in [6.45, 7) is 4.31. The summed E-state index contributed by atoms with van der Waals surface area (Å²) in [6.07, 6.45) is 2.71. The van der Waals surface area contributed by atoms with Gasteiger partial charge in [0.05, 0.1) is 12.8 Å². The van der Waals surface area contributed by atoms with Crippen LogP contribution in [0.25, 0.3) is 0 Å². The van der Waals surface area contributed by atoms with Crippen molar-refractivity contribution < 1.29 is 14.0 Å². The molecular weight excluding hydrogens is 292 g/mol. The minimum atomic E-state index is -0.939. The third-order valence-corrected chi connectivity index (χ3v) is 4.39. The van der Waals surface area contributed by atoms with Gasteiger partial charge in [-0.05, 0) is 62.1 Å². The summed E-state index contributed by atoms with van der Waals surface area (Å²) in [4.78, 5) is 24.9. The van der Waals surface area contributed by atoms with Crippen molar-refractivity contribution in [2.45, 2.75) is 33.2 Å². The number of anilines is 1. The van der Waals surface area contributed by atoms with Crippen molar-refractivity contribution in [2.24, 2.45) is 5.41 Å². The van der Waals surface area contributed by atoms with Gasteiger partial charge in [0.1, 0.15) is 11.2 Å². The smallest absolute Gasteiger partial charge is 0.240 e. The number of hydrogen-bond acceptors (Lipinski definition) is 3. The molecule has 2 amide bonds. The Morgan fingerprint density at radius 3 is 2.52 bits per heavy atom. The predicted molar refractivity (Wildman–Crippen MR) is 86.8 cm³/mol. The van der Waals surface area contributed by atoms with Gasteiger partial charge in [-0.25, -0.2) is 0 Å². The lowest BCUT2D eigenvalue weighted by atomic mass is 10.0. The summed E-state index contributed by atoms with van der Waals surface area (Å²) in [5.74, 6) is 0.191. The van der Waals surface area contributed by atoms with Gasteiger partial charge in [-0.1, -0.05) is 6.07 Å². The molecule has 0 spiro atoms. The maximum absolute atomic E-state index is 12.5. The van der Waals surface area contributed by atoms with E-state index in [0.717, 1.165) is 11.3 Å². The van der Waals surface area contributed by atoms with E-state index in [4.69, 9.17) is 4.42 Å². The van der Waals surface area contributed by atoms with E-state index in [1.165, 1.54) is 5.56 Å². The van der Waals surface area contributed by atoms with Gasteiger partial charge in [0.15, 0.2) is 0 Å². The molecular formula is C18H20N2O3. The first kappa shape index (κ1) is 15.3. The average Bonchev–Trinajstić information content (AvgIpc) is 3.18. The molecule has 1 heterocycles. The van der Waals surface area contributed by atoms with Crippen LogP contribution in [0.3, 0.4) is 0 Å². The van der Waals surface area contributed by atoms with E-state index >= 15 is 0 Å². The molecule has 1 aromatic heterocycles. The zero-order valence-corrected chi connectivity index (χ0v) is 13.3. The van der Waals surface area contributed by atoms with Crippen LogP contribution in [0.5, 0.6) is 0 Å². The first-order valence-corrected chi connectivity index (χ1v) is 7.71. The molecule has 5 heteroatoms. The number of hydrogen-bond donors (Lipinski definition) is 2. The lowest BCUT2D eigenvalue weighted by Crippen LogP contribution is -2.39. The third-order valence-electron chi connectivity index (χ3n) is 4.39. The quantitative estimate of drug-likeness (QED) is 0.834. The minimum absolute atomic E-state index is 0.238. The Morgan fingerprint density at radius 2 is 1.91 bits per heavy atom. The monoisotopic (exact) mass is 312 g/mol. The molecule has 1 fully saturated rings. The van der Waals surface area contributed by atoms with E-state index in [0.29, 0.717) is 25.1 Å². The first-order valence-electron chi connectivity index (χ1n) is 7.71. The van der Waals surface area contributed by atoms with Gasteiger partial charge in [-0.15, -0.1) is 0 Å². The van der Waals surface area contributed by atoms with E-state index in [-0.39, 0.29) is 11.8 Å². The summed E-state index contributed by atoms with van der Waals surface area (Å²) in [5, 5.41) is 5.65. The SMILES string of the molecule is Cc1ccc(NC(=O)C2(C(=O)NCc3ccco3)CC2)cc1C. The highest BCUT2D eigenvalue weighted by Gasteiger charge is 2.56. The largest absolute Gasteiger partial charge is 0.467 e. The number of furan rings is 1. The van der Waals surface area contributed by atoms with Crippen molar-refractivity contribution in [1.29, 1.82) is 0 Å². The van der Waals surface area contributed by atoms with Crippen molar-refractivity contribution in [1.82, 2.24) is 5.32 Å². The summed E-state index contributed by atoms with van der Waals surface area (Å²) in [7, 11) is 0. The summed E-state index contributed by atoms with van der Waals surface area (Å²) >= 11 is 0. The summed E-state index contributed by atoms with van der Waals surface area (Å²) < 4.78 is 5.18. The lowest BCUT2D eigenvalue weighted by molar-refractivity contribution is -0.134. The fraction of sp³-hybridized carbons (Fsp3) is 0.333. The second-order valence-electron chi connectivity index (χ2n) is 6.10. The van der Waals surface area contributed by atoms with Crippen LogP contribution in [0.15, 0.2) is 41.0 Å². The molecule has 2 N–H and O–H groups in total. The van der Waals surface area contributed by atoms with Gasteiger partial charge in [-0.2, -0.15) is 0 Å². The van der Waals surface area contributed by atoms with Gasteiger partial charge in [0.25, 0.3) is 0 Å². The Morgan fingerprint density at radius 1 is 1.13 bits per heavy atom. The standard InChI is InChI=1S/C18H20N2O3/c1-12-5-6-14(10-13(12)2)20-17(22)18(7-8-18)16(21)19-11-15-4-3-9-23-15/h3-6,9-10H,7-8,11H2,1-2H3,(H,19,21)(H,20,22). The number of carbonyl (C=O) groups excluding carboxylic acids is 2. The molecule has 1 aliphatic rings. The highest BCUT2D eigenvalue weighted by atomic mass is 16.3. The average molecular weight is 312 g/mol. The maximum atomic E-state index is 12.5. The fourth-order valence-corrected chi connectivity index (χ4v) is 2.50. The van der Waals surface area contributed by atoms with Crippen LogP contribution in [-0.4, -0.2) is 11.8 Å². The Bertz CT molecular complexity index is 731. The molecule has 23 heavy (non-hydrogen) atoms. The van der Waals surface area contributed by atoms with E-state index < -0.39 is 5.41 Å². The Labute approximate surface area is 135 Å². The van der Waals surface area contributed by atoms with E-state index in [1.807, 2.05) is 32.0 Å². The minimum Gasteiger partial charge on any atom is -0.467 e. The van der Waals surface area contributed by atoms with E-state index in [9.17, 15) is 9.59 Å². The number of nitrogens with one attached hydrogen (secondary N) is 2.